The first-order valence-electron chi connectivity index (χ1n) is 6.77. The van der Waals surface area contributed by atoms with Gasteiger partial charge in [0.05, 0.1) is 5.52 Å². The largest absolute Gasteiger partial charge is 0.385 e. The van der Waals surface area contributed by atoms with E-state index in [1.54, 1.807) is 7.11 Å². The summed E-state index contributed by atoms with van der Waals surface area (Å²) in [5.41, 5.74) is 3.42. The molecule has 3 nitrogen and oxygen atoms in total. The van der Waals surface area contributed by atoms with Crippen molar-refractivity contribution in [2.45, 2.75) is 32.9 Å². The summed E-state index contributed by atoms with van der Waals surface area (Å²) >= 11 is 0. The number of methoxy groups -OCH3 is 1. The molecule has 2 rings (SSSR count). The molecule has 0 amide bonds. The summed E-state index contributed by atoms with van der Waals surface area (Å²) in [6, 6.07) is 11.1. The molecule has 1 atom stereocenters. The van der Waals surface area contributed by atoms with E-state index in [1.165, 1.54) is 10.9 Å². The van der Waals surface area contributed by atoms with Crippen LogP contribution in [-0.2, 0) is 11.3 Å². The lowest BCUT2D eigenvalue weighted by atomic mass is 10.1. The van der Waals surface area contributed by atoms with Gasteiger partial charge in [-0.1, -0.05) is 12.1 Å². The first-order valence-corrected chi connectivity index (χ1v) is 6.77. The van der Waals surface area contributed by atoms with E-state index in [2.05, 4.69) is 47.6 Å². The predicted molar refractivity (Wildman–Crippen MR) is 79.3 cm³/mol. The maximum Gasteiger partial charge on any atom is 0.0705 e. The molecule has 0 fully saturated rings. The quantitative estimate of drug-likeness (QED) is 0.864. The molecule has 0 radical (unpaired) electrons. The van der Waals surface area contributed by atoms with Crippen LogP contribution >= 0.6 is 0 Å². The smallest absolute Gasteiger partial charge is 0.0705 e. The third-order valence-corrected chi connectivity index (χ3v) is 3.30. The van der Waals surface area contributed by atoms with E-state index in [0.29, 0.717) is 6.04 Å². The molecule has 0 aliphatic carbocycles. The number of benzene rings is 1. The summed E-state index contributed by atoms with van der Waals surface area (Å²) in [7, 11) is 1.74. The van der Waals surface area contributed by atoms with Crippen LogP contribution in [0.2, 0.25) is 0 Å². The average molecular weight is 258 g/mol. The molecule has 19 heavy (non-hydrogen) atoms. The lowest BCUT2D eigenvalue weighted by Gasteiger charge is -2.13. The van der Waals surface area contributed by atoms with E-state index in [1.807, 2.05) is 6.92 Å². The fraction of sp³-hybridized carbons (Fsp3) is 0.438. The molecule has 0 aliphatic rings. The molecule has 1 aromatic heterocycles. The second kappa shape index (κ2) is 6.64. The molecule has 0 bridgehead atoms. The van der Waals surface area contributed by atoms with Gasteiger partial charge in [-0.2, -0.15) is 0 Å². The predicted octanol–water partition coefficient (Wildman–Crippen LogP) is 3.06. The summed E-state index contributed by atoms with van der Waals surface area (Å²) in [4.78, 5) is 4.52. The molecule has 0 saturated heterocycles. The number of aromatic nitrogens is 1. The summed E-state index contributed by atoms with van der Waals surface area (Å²) in [5, 5.41) is 4.71. The van der Waals surface area contributed by atoms with Gasteiger partial charge >= 0.3 is 0 Å². The van der Waals surface area contributed by atoms with E-state index in [4.69, 9.17) is 4.74 Å². The molecular weight excluding hydrogens is 236 g/mol. The van der Waals surface area contributed by atoms with Crippen LogP contribution in [0.5, 0.6) is 0 Å². The van der Waals surface area contributed by atoms with Gasteiger partial charge in [0.2, 0.25) is 0 Å². The first-order chi connectivity index (χ1) is 9.19. The zero-order valence-corrected chi connectivity index (χ0v) is 11.9. The lowest BCUT2D eigenvalue weighted by Crippen LogP contribution is -2.26. The number of nitrogens with one attached hydrogen (secondary N) is 1. The highest BCUT2D eigenvalue weighted by Gasteiger charge is 2.02. The van der Waals surface area contributed by atoms with Gasteiger partial charge in [0.15, 0.2) is 0 Å². The Balaban J connectivity index is 1.99. The monoisotopic (exact) mass is 258 g/mol. The highest BCUT2D eigenvalue weighted by atomic mass is 16.5. The second-order valence-corrected chi connectivity index (χ2v) is 5.04. The minimum absolute atomic E-state index is 0.465. The summed E-state index contributed by atoms with van der Waals surface area (Å²) in [5.74, 6) is 0. The van der Waals surface area contributed by atoms with Crippen molar-refractivity contribution < 1.29 is 4.74 Å². The molecule has 2 aromatic rings. The minimum atomic E-state index is 0.465. The maximum atomic E-state index is 5.09. The Kier molecular flexibility index (Phi) is 4.88. The molecule has 1 heterocycles. The maximum absolute atomic E-state index is 5.09. The minimum Gasteiger partial charge on any atom is -0.385 e. The van der Waals surface area contributed by atoms with Gasteiger partial charge in [-0.05, 0) is 44.0 Å². The van der Waals surface area contributed by atoms with Gasteiger partial charge < -0.3 is 10.1 Å². The third kappa shape index (κ3) is 4.01. The van der Waals surface area contributed by atoms with Crippen LogP contribution in [-0.4, -0.2) is 24.7 Å². The molecule has 3 heteroatoms. The lowest BCUT2D eigenvalue weighted by molar-refractivity contribution is 0.184. The zero-order chi connectivity index (χ0) is 13.7. The topological polar surface area (TPSA) is 34.1 Å². The Hall–Kier alpha value is -1.45. The number of hydrogen-bond donors (Lipinski definition) is 1. The van der Waals surface area contributed by atoms with Crippen molar-refractivity contribution in [3.05, 3.63) is 41.6 Å². The molecular formula is C16H22N2O. The van der Waals surface area contributed by atoms with Gasteiger partial charge in [0.25, 0.3) is 0 Å². The molecule has 0 saturated carbocycles. The molecule has 0 spiro atoms. The van der Waals surface area contributed by atoms with Crippen LogP contribution in [0.25, 0.3) is 10.9 Å². The highest BCUT2D eigenvalue weighted by molar-refractivity contribution is 5.79. The molecule has 1 unspecified atom stereocenters. The van der Waals surface area contributed by atoms with Gasteiger partial charge in [0, 0.05) is 37.4 Å². The molecule has 0 aliphatic heterocycles. The fourth-order valence-electron chi connectivity index (χ4n) is 2.08. The Labute approximate surface area is 115 Å². The van der Waals surface area contributed by atoms with Crippen LogP contribution in [0.1, 0.15) is 24.6 Å². The number of rotatable bonds is 6. The van der Waals surface area contributed by atoms with Crippen molar-refractivity contribution in [3.63, 3.8) is 0 Å². The van der Waals surface area contributed by atoms with Crippen LogP contribution in [0.15, 0.2) is 30.3 Å². The Morgan fingerprint density at radius 1 is 1.26 bits per heavy atom. The number of aryl methyl sites for hydroxylation is 1. The van der Waals surface area contributed by atoms with Crippen molar-refractivity contribution >= 4 is 10.9 Å². The molecule has 1 aromatic carbocycles. The number of pyridine rings is 1. The number of ether oxygens (including phenoxy) is 1. The molecule has 102 valence electrons. The van der Waals surface area contributed by atoms with Crippen LogP contribution < -0.4 is 5.32 Å². The Bertz CT molecular complexity index is 539. The standard InChI is InChI=1S/C16H22N2O/c1-12(8-9-19-3)17-11-14-5-7-16-15(10-14)6-4-13(2)18-16/h4-7,10,12,17H,8-9,11H2,1-3H3. The first kappa shape index (κ1) is 14.0. The highest BCUT2D eigenvalue weighted by Crippen LogP contribution is 2.14. The molecule has 1 N–H and O–H groups in total. The van der Waals surface area contributed by atoms with Crippen molar-refractivity contribution in [2.75, 3.05) is 13.7 Å². The average Bonchev–Trinajstić information content (AvgIpc) is 2.42. The van der Waals surface area contributed by atoms with Crippen molar-refractivity contribution in [2.24, 2.45) is 0 Å². The number of fused-ring (bicyclic) bond motifs is 1. The normalized spacial score (nSPS) is 12.8. The third-order valence-electron chi connectivity index (χ3n) is 3.30. The second-order valence-electron chi connectivity index (χ2n) is 5.04. The Morgan fingerprint density at radius 3 is 2.89 bits per heavy atom. The number of nitrogens with zero attached hydrogens (tertiary/aromatic N) is 1. The van der Waals surface area contributed by atoms with Gasteiger partial charge in [0.1, 0.15) is 0 Å². The van der Waals surface area contributed by atoms with E-state index in [-0.39, 0.29) is 0 Å². The van der Waals surface area contributed by atoms with Crippen molar-refractivity contribution in [1.82, 2.24) is 10.3 Å². The number of hydrogen-bond acceptors (Lipinski definition) is 3. The zero-order valence-electron chi connectivity index (χ0n) is 11.9. The van der Waals surface area contributed by atoms with Crippen molar-refractivity contribution in [1.29, 1.82) is 0 Å². The van der Waals surface area contributed by atoms with Crippen LogP contribution in [0.4, 0.5) is 0 Å². The van der Waals surface area contributed by atoms with Gasteiger partial charge in [-0.15, -0.1) is 0 Å². The summed E-state index contributed by atoms with van der Waals surface area (Å²) in [6.45, 7) is 5.89. The van der Waals surface area contributed by atoms with E-state index >= 15 is 0 Å². The van der Waals surface area contributed by atoms with E-state index in [9.17, 15) is 0 Å². The fourth-order valence-corrected chi connectivity index (χ4v) is 2.08. The summed E-state index contributed by atoms with van der Waals surface area (Å²) < 4.78 is 5.09. The van der Waals surface area contributed by atoms with Crippen molar-refractivity contribution in [3.8, 4) is 0 Å². The SMILES string of the molecule is COCCC(C)NCc1ccc2nc(C)ccc2c1. The van der Waals surface area contributed by atoms with E-state index < -0.39 is 0 Å². The van der Waals surface area contributed by atoms with E-state index in [0.717, 1.165) is 30.8 Å². The Morgan fingerprint density at radius 2 is 2.11 bits per heavy atom. The van der Waals surface area contributed by atoms with Crippen LogP contribution in [0.3, 0.4) is 0 Å². The van der Waals surface area contributed by atoms with Gasteiger partial charge in [-0.25, -0.2) is 0 Å². The summed E-state index contributed by atoms with van der Waals surface area (Å²) in [6.07, 6.45) is 1.03. The van der Waals surface area contributed by atoms with Gasteiger partial charge in [-0.3, -0.25) is 4.98 Å². The van der Waals surface area contributed by atoms with Crippen LogP contribution in [0, 0.1) is 6.92 Å².